The van der Waals surface area contributed by atoms with Crippen LogP contribution in [0.3, 0.4) is 0 Å². The molecule has 6 heteroatoms. The first kappa shape index (κ1) is 23.4. The smallest absolute Gasteiger partial charge is 0.323 e. The maximum absolute atomic E-state index is 13.2. The maximum atomic E-state index is 13.2. The van der Waals surface area contributed by atoms with E-state index in [1.807, 2.05) is 62.4 Å². The van der Waals surface area contributed by atoms with Gasteiger partial charge in [-0.05, 0) is 74.1 Å². The van der Waals surface area contributed by atoms with Crippen LogP contribution in [0.4, 0.5) is 21.9 Å². The number of carbonyl (C=O) groups excluding carboxylic acids is 2. The molecule has 0 bridgehead atoms. The Balaban J connectivity index is 1.47. The number of hydrogen-bond donors (Lipinski definition) is 3. The Morgan fingerprint density at radius 1 is 0.882 bits per heavy atom. The van der Waals surface area contributed by atoms with Crippen LogP contribution in [0.5, 0.6) is 0 Å². The van der Waals surface area contributed by atoms with E-state index in [-0.39, 0.29) is 11.9 Å². The minimum absolute atomic E-state index is 0.128. The van der Waals surface area contributed by atoms with Gasteiger partial charge in [-0.3, -0.25) is 4.79 Å². The third kappa shape index (κ3) is 5.76. The fraction of sp³-hybridized carbons (Fsp3) is 0.286. The predicted molar refractivity (Wildman–Crippen MR) is 139 cm³/mol. The lowest BCUT2D eigenvalue weighted by Crippen LogP contribution is -2.29. The number of anilines is 3. The molecule has 1 fully saturated rings. The number of amides is 3. The first-order chi connectivity index (χ1) is 16.5. The van der Waals surface area contributed by atoms with Crippen molar-refractivity contribution in [3.63, 3.8) is 0 Å². The average molecular weight is 457 g/mol. The molecule has 1 saturated heterocycles. The second-order valence-electron chi connectivity index (χ2n) is 8.74. The summed E-state index contributed by atoms with van der Waals surface area (Å²) in [4.78, 5) is 28.1. The third-order valence-electron chi connectivity index (χ3n) is 6.34. The molecule has 0 saturated carbocycles. The van der Waals surface area contributed by atoms with Gasteiger partial charge in [0.15, 0.2) is 0 Å². The molecule has 0 atom stereocenters. The highest BCUT2D eigenvalue weighted by Gasteiger charge is 2.20. The van der Waals surface area contributed by atoms with Crippen molar-refractivity contribution in [2.24, 2.45) is 0 Å². The quantitative estimate of drug-likeness (QED) is 0.438. The van der Waals surface area contributed by atoms with E-state index in [2.05, 4.69) is 33.0 Å². The van der Waals surface area contributed by atoms with Gasteiger partial charge in [-0.15, -0.1) is 0 Å². The lowest BCUT2D eigenvalue weighted by molar-refractivity contribution is 0.0954. The molecule has 4 rings (SSSR count). The van der Waals surface area contributed by atoms with E-state index in [1.54, 1.807) is 6.07 Å². The van der Waals surface area contributed by atoms with Gasteiger partial charge in [0.25, 0.3) is 5.91 Å². The lowest BCUT2D eigenvalue weighted by Gasteiger charge is -2.22. The van der Waals surface area contributed by atoms with E-state index in [4.69, 9.17) is 0 Å². The van der Waals surface area contributed by atoms with Gasteiger partial charge in [0.05, 0.1) is 5.56 Å². The standard InChI is InChI=1S/C28H32N4O2/c1-20-9-8-12-25(21(20)2)31-28(34)30-23-13-14-26(32-17-6-7-18-32)24(19-23)27(33)29-16-15-22-10-4-3-5-11-22/h3-5,8-14,19H,6-7,15-18H2,1-2H3,(H,29,33)(H2,30,31,34). The number of nitrogens with one attached hydrogen (secondary N) is 3. The molecular formula is C28H32N4O2. The zero-order valence-electron chi connectivity index (χ0n) is 19.9. The van der Waals surface area contributed by atoms with Crippen LogP contribution in [-0.4, -0.2) is 31.6 Å². The number of hydrogen-bond acceptors (Lipinski definition) is 3. The average Bonchev–Trinajstić information content (AvgIpc) is 3.37. The first-order valence-electron chi connectivity index (χ1n) is 11.9. The van der Waals surface area contributed by atoms with Gasteiger partial charge in [-0.2, -0.15) is 0 Å². The summed E-state index contributed by atoms with van der Waals surface area (Å²) in [5, 5.41) is 8.84. The number of urea groups is 1. The topological polar surface area (TPSA) is 73.5 Å². The normalized spacial score (nSPS) is 12.9. The molecule has 1 heterocycles. The molecular weight excluding hydrogens is 424 g/mol. The fourth-order valence-corrected chi connectivity index (χ4v) is 4.26. The summed E-state index contributed by atoms with van der Waals surface area (Å²) < 4.78 is 0. The van der Waals surface area contributed by atoms with Crippen molar-refractivity contribution in [3.05, 3.63) is 89.0 Å². The summed E-state index contributed by atoms with van der Waals surface area (Å²) in [7, 11) is 0. The second kappa shape index (κ2) is 10.9. The van der Waals surface area contributed by atoms with Crippen LogP contribution in [0.15, 0.2) is 66.7 Å². The summed E-state index contributed by atoms with van der Waals surface area (Å²) in [5.41, 5.74) is 6.17. The maximum Gasteiger partial charge on any atom is 0.323 e. The molecule has 3 aromatic carbocycles. The molecule has 0 radical (unpaired) electrons. The second-order valence-corrected chi connectivity index (χ2v) is 8.74. The molecule has 0 spiro atoms. The molecule has 3 aromatic rings. The molecule has 0 aromatic heterocycles. The van der Waals surface area contributed by atoms with Crippen LogP contribution in [-0.2, 0) is 6.42 Å². The van der Waals surface area contributed by atoms with Gasteiger partial charge in [-0.1, -0.05) is 42.5 Å². The van der Waals surface area contributed by atoms with Crippen molar-refractivity contribution < 1.29 is 9.59 Å². The van der Waals surface area contributed by atoms with Crippen LogP contribution in [0.25, 0.3) is 0 Å². The Morgan fingerprint density at radius 2 is 1.65 bits per heavy atom. The van der Waals surface area contributed by atoms with Crippen molar-refractivity contribution in [2.75, 3.05) is 35.2 Å². The van der Waals surface area contributed by atoms with Gasteiger partial charge in [-0.25, -0.2) is 4.79 Å². The molecule has 34 heavy (non-hydrogen) atoms. The van der Waals surface area contributed by atoms with Crippen molar-refractivity contribution in [3.8, 4) is 0 Å². The van der Waals surface area contributed by atoms with Gasteiger partial charge >= 0.3 is 6.03 Å². The number of rotatable bonds is 7. The minimum Gasteiger partial charge on any atom is -0.371 e. The van der Waals surface area contributed by atoms with E-state index in [0.29, 0.717) is 17.8 Å². The summed E-state index contributed by atoms with van der Waals surface area (Å²) in [6.07, 6.45) is 3.00. The van der Waals surface area contributed by atoms with Crippen LogP contribution >= 0.6 is 0 Å². The number of carbonyl (C=O) groups is 2. The zero-order chi connectivity index (χ0) is 23.9. The van der Waals surface area contributed by atoms with Crippen LogP contribution in [0, 0.1) is 13.8 Å². The van der Waals surface area contributed by atoms with Gasteiger partial charge in [0, 0.05) is 36.7 Å². The highest BCUT2D eigenvalue weighted by atomic mass is 16.2. The Bertz CT molecular complexity index is 1150. The van der Waals surface area contributed by atoms with E-state index in [1.165, 1.54) is 5.56 Å². The molecule has 176 valence electrons. The third-order valence-corrected chi connectivity index (χ3v) is 6.34. The lowest BCUT2D eigenvalue weighted by atomic mass is 10.1. The predicted octanol–water partition coefficient (Wildman–Crippen LogP) is 5.52. The van der Waals surface area contributed by atoms with Crippen LogP contribution in [0.2, 0.25) is 0 Å². The molecule has 1 aliphatic heterocycles. The molecule has 3 amide bonds. The summed E-state index contributed by atoms with van der Waals surface area (Å²) in [5.74, 6) is -0.128. The largest absolute Gasteiger partial charge is 0.371 e. The minimum atomic E-state index is -0.335. The zero-order valence-corrected chi connectivity index (χ0v) is 19.9. The molecule has 0 aliphatic carbocycles. The fourth-order valence-electron chi connectivity index (χ4n) is 4.26. The monoisotopic (exact) mass is 456 g/mol. The van der Waals surface area contributed by atoms with E-state index >= 15 is 0 Å². The van der Waals surface area contributed by atoms with Crippen molar-refractivity contribution in [2.45, 2.75) is 33.1 Å². The Hall–Kier alpha value is -3.80. The van der Waals surface area contributed by atoms with Crippen LogP contribution in [0.1, 0.15) is 39.9 Å². The Kier molecular flexibility index (Phi) is 7.48. The number of aryl methyl sites for hydroxylation is 1. The summed E-state index contributed by atoms with van der Waals surface area (Å²) in [6.45, 7) is 6.41. The number of nitrogens with zero attached hydrogens (tertiary/aromatic N) is 1. The summed E-state index contributed by atoms with van der Waals surface area (Å²) >= 11 is 0. The van der Waals surface area contributed by atoms with E-state index in [0.717, 1.165) is 54.9 Å². The Morgan fingerprint density at radius 3 is 2.41 bits per heavy atom. The number of benzene rings is 3. The highest BCUT2D eigenvalue weighted by Crippen LogP contribution is 2.28. The molecule has 1 aliphatic rings. The highest BCUT2D eigenvalue weighted by molar-refractivity contribution is 6.04. The molecule has 3 N–H and O–H groups in total. The molecule has 0 unspecified atom stereocenters. The SMILES string of the molecule is Cc1cccc(NC(=O)Nc2ccc(N3CCCC3)c(C(=O)NCCc3ccccc3)c2)c1C. The Labute approximate surface area is 201 Å². The first-order valence-corrected chi connectivity index (χ1v) is 11.9. The van der Waals surface area contributed by atoms with Crippen molar-refractivity contribution >= 4 is 29.0 Å². The van der Waals surface area contributed by atoms with Crippen molar-refractivity contribution in [1.82, 2.24) is 5.32 Å². The molecule has 6 nitrogen and oxygen atoms in total. The van der Waals surface area contributed by atoms with Gasteiger partial charge < -0.3 is 20.9 Å². The summed E-state index contributed by atoms with van der Waals surface area (Å²) in [6, 6.07) is 21.1. The van der Waals surface area contributed by atoms with E-state index in [9.17, 15) is 9.59 Å². The van der Waals surface area contributed by atoms with Gasteiger partial charge in [0.1, 0.15) is 0 Å². The van der Waals surface area contributed by atoms with Crippen LogP contribution < -0.4 is 20.9 Å². The van der Waals surface area contributed by atoms with Gasteiger partial charge in [0.2, 0.25) is 0 Å². The van der Waals surface area contributed by atoms with E-state index < -0.39 is 0 Å². The van der Waals surface area contributed by atoms with Crippen molar-refractivity contribution in [1.29, 1.82) is 0 Å².